The lowest BCUT2D eigenvalue weighted by Gasteiger charge is -2.34. The van der Waals surface area contributed by atoms with Crippen molar-refractivity contribution in [2.24, 2.45) is 0 Å². The van der Waals surface area contributed by atoms with Crippen LogP contribution in [0.5, 0.6) is 5.75 Å². The second-order valence-corrected chi connectivity index (χ2v) is 7.78. The van der Waals surface area contributed by atoms with E-state index < -0.39 is 6.10 Å². The normalized spacial score (nSPS) is 22.2. The average Bonchev–Trinajstić information content (AvgIpc) is 2.69. The molecule has 2 aliphatic heterocycles. The van der Waals surface area contributed by atoms with E-state index in [0.717, 1.165) is 36.4 Å². The van der Waals surface area contributed by atoms with Gasteiger partial charge in [0.2, 0.25) is 0 Å². The summed E-state index contributed by atoms with van der Waals surface area (Å²) in [4.78, 5) is 15.2. The zero-order chi connectivity index (χ0) is 19.5. The largest absolute Gasteiger partial charge is 0.493 e. The molecule has 5 heteroatoms. The number of hydrogen-bond donors (Lipinski definition) is 1. The molecular formula is C23H28N2O3. The van der Waals surface area contributed by atoms with Crippen LogP contribution in [0.1, 0.15) is 34.7 Å². The number of nitrogens with one attached hydrogen (secondary N) is 1. The Morgan fingerprint density at radius 3 is 2.82 bits per heavy atom. The Bertz CT molecular complexity index is 837. The molecule has 0 bridgehead atoms. The van der Waals surface area contributed by atoms with Crippen molar-refractivity contribution in [3.63, 3.8) is 0 Å². The second kappa shape index (κ2) is 8.33. The monoisotopic (exact) mass is 380 g/mol. The molecule has 2 aliphatic rings. The maximum Gasteiger partial charge on any atom is 0.250 e. The highest BCUT2D eigenvalue weighted by atomic mass is 16.5. The van der Waals surface area contributed by atoms with Crippen molar-refractivity contribution in [1.29, 1.82) is 0 Å². The van der Waals surface area contributed by atoms with Gasteiger partial charge < -0.3 is 14.8 Å². The summed E-state index contributed by atoms with van der Waals surface area (Å²) in [6.07, 6.45) is 0.344. The molecule has 148 valence electrons. The quantitative estimate of drug-likeness (QED) is 0.885. The summed E-state index contributed by atoms with van der Waals surface area (Å²) >= 11 is 0. The fraction of sp³-hybridized carbons (Fsp3) is 0.435. The minimum Gasteiger partial charge on any atom is -0.493 e. The lowest BCUT2D eigenvalue weighted by atomic mass is 9.95. The predicted molar refractivity (Wildman–Crippen MR) is 108 cm³/mol. The van der Waals surface area contributed by atoms with Gasteiger partial charge in [-0.3, -0.25) is 9.69 Å². The number of nitrogens with zero attached hydrogens (tertiary/aromatic N) is 1. The number of hydrogen-bond acceptors (Lipinski definition) is 4. The molecule has 1 fully saturated rings. The number of morpholine rings is 1. The van der Waals surface area contributed by atoms with Gasteiger partial charge in [-0.15, -0.1) is 0 Å². The summed E-state index contributed by atoms with van der Waals surface area (Å²) in [7, 11) is 0. The molecule has 0 aliphatic carbocycles. The van der Waals surface area contributed by atoms with Crippen molar-refractivity contribution in [3.8, 4) is 5.75 Å². The predicted octanol–water partition coefficient (Wildman–Crippen LogP) is 3.14. The number of carbonyl (C=O) groups excluding carboxylic acids is 1. The van der Waals surface area contributed by atoms with Gasteiger partial charge in [-0.05, 0) is 25.0 Å². The molecule has 4 rings (SSSR count). The van der Waals surface area contributed by atoms with Gasteiger partial charge in [0, 0.05) is 31.6 Å². The summed E-state index contributed by atoms with van der Waals surface area (Å²) in [6.45, 7) is 7.63. The Balaban J connectivity index is 1.42. The van der Waals surface area contributed by atoms with Crippen LogP contribution in [0.3, 0.4) is 0 Å². The smallest absolute Gasteiger partial charge is 0.250 e. The maximum absolute atomic E-state index is 12.9. The molecule has 2 atom stereocenters. The number of benzene rings is 2. The highest BCUT2D eigenvalue weighted by Gasteiger charge is 2.31. The number of ether oxygens (including phenoxy) is 2. The van der Waals surface area contributed by atoms with Crippen molar-refractivity contribution in [1.82, 2.24) is 10.2 Å². The van der Waals surface area contributed by atoms with Gasteiger partial charge in [0.05, 0.1) is 19.3 Å². The van der Waals surface area contributed by atoms with Crippen molar-refractivity contribution in [2.75, 3.05) is 26.3 Å². The van der Waals surface area contributed by atoms with E-state index in [1.807, 2.05) is 18.2 Å². The molecule has 2 aromatic rings. The third kappa shape index (κ3) is 4.21. The maximum atomic E-state index is 12.9. The van der Waals surface area contributed by atoms with Crippen LogP contribution >= 0.6 is 0 Å². The standard InChI is InChI=1S/C23H28N2O3/c1-16-12-17(2)22-19(13-16)20(8-10-28-22)24-23(26)21-15-25(9-11-27-21)14-18-6-4-3-5-7-18/h3-7,12-13,20-21H,8-11,14-15H2,1-2H3,(H,24,26). The molecule has 0 spiro atoms. The van der Waals surface area contributed by atoms with E-state index in [1.54, 1.807) is 0 Å². The summed E-state index contributed by atoms with van der Waals surface area (Å²) in [6, 6.07) is 14.6. The molecular weight excluding hydrogens is 352 g/mol. The van der Waals surface area contributed by atoms with E-state index in [4.69, 9.17) is 9.47 Å². The molecule has 0 aromatic heterocycles. The molecule has 0 saturated carbocycles. The van der Waals surface area contributed by atoms with Crippen molar-refractivity contribution >= 4 is 5.91 Å². The first-order valence-corrected chi connectivity index (χ1v) is 10.0. The Morgan fingerprint density at radius 2 is 2.00 bits per heavy atom. The molecule has 2 heterocycles. The Labute approximate surface area is 166 Å². The summed E-state index contributed by atoms with van der Waals surface area (Å²) < 4.78 is 11.7. The lowest BCUT2D eigenvalue weighted by molar-refractivity contribution is -0.139. The van der Waals surface area contributed by atoms with Crippen LogP contribution in [0.15, 0.2) is 42.5 Å². The van der Waals surface area contributed by atoms with E-state index in [2.05, 4.69) is 48.3 Å². The van der Waals surface area contributed by atoms with Crippen molar-refractivity contribution in [2.45, 2.75) is 39.0 Å². The van der Waals surface area contributed by atoms with Crippen LogP contribution < -0.4 is 10.1 Å². The number of rotatable bonds is 4. The number of amides is 1. The van der Waals surface area contributed by atoms with Gasteiger partial charge in [-0.1, -0.05) is 48.0 Å². The first kappa shape index (κ1) is 19.0. The topological polar surface area (TPSA) is 50.8 Å². The fourth-order valence-corrected chi connectivity index (χ4v) is 4.14. The lowest BCUT2D eigenvalue weighted by Crippen LogP contribution is -2.50. The number of fused-ring (bicyclic) bond motifs is 1. The van der Waals surface area contributed by atoms with Crippen molar-refractivity contribution in [3.05, 3.63) is 64.7 Å². The van der Waals surface area contributed by atoms with Crippen LogP contribution in [0.4, 0.5) is 0 Å². The van der Waals surface area contributed by atoms with Crippen LogP contribution in [0.2, 0.25) is 0 Å². The highest BCUT2D eigenvalue weighted by molar-refractivity contribution is 5.81. The number of aryl methyl sites for hydroxylation is 2. The summed E-state index contributed by atoms with van der Waals surface area (Å²) in [5.74, 6) is 0.882. The molecule has 2 unspecified atom stereocenters. The second-order valence-electron chi connectivity index (χ2n) is 7.78. The van der Waals surface area contributed by atoms with Gasteiger partial charge >= 0.3 is 0 Å². The minimum absolute atomic E-state index is 0.0250. The number of carbonyl (C=O) groups is 1. The van der Waals surface area contributed by atoms with E-state index in [-0.39, 0.29) is 11.9 Å². The zero-order valence-electron chi connectivity index (χ0n) is 16.6. The van der Waals surface area contributed by atoms with E-state index in [0.29, 0.717) is 19.8 Å². The zero-order valence-corrected chi connectivity index (χ0v) is 16.6. The highest BCUT2D eigenvalue weighted by Crippen LogP contribution is 2.35. The van der Waals surface area contributed by atoms with Crippen LogP contribution in [-0.4, -0.2) is 43.2 Å². The van der Waals surface area contributed by atoms with E-state index in [1.165, 1.54) is 11.1 Å². The van der Waals surface area contributed by atoms with Crippen LogP contribution in [0, 0.1) is 13.8 Å². The first-order chi connectivity index (χ1) is 13.6. The van der Waals surface area contributed by atoms with Crippen molar-refractivity contribution < 1.29 is 14.3 Å². The van der Waals surface area contributed by atoms with Gasteiger partial charge in [0.25, 0.3) is 5.91 Å². The SMILES string of the molecule is Cc1cc(C)c2c(c1)C(NC(=O)C1CN(Cc3ccccc3)CCO1)CCO2. The molecule has 1 N–H and O–H groups in total. The van der Waals surface area contributed by atoms with Gasteiger partial charge in [0.15, 0.2) is 0 Å². The van der Waals surface area contributed by atoms with Gasteiger partial charge in [-0.2, -0.15) is 0 Å². The Hall–Kier alpha value is -2.37. The van der Waals surface area contributed by atoms with Crippen LogP contribution in [0.25, 0.3) is 0 Å². The first-order valence-electron chi connectivity index (χ1n) is 10.0. The summed E-state index contributed by atoms with van der Waals surface area (Å²) in [5, 5.41) is 3.21. The molecule has 2 aromatic carbocycles. The third-order valence-corrected chi connectivity index (χ3v) is 5.48. The molecule has 1 saturated heterocycles. The molecule has 1 amide bonds. The van der Waals surface area contributed by atoms with E-state index in [9.17, 15) is 4.79 Å². The van der Waals surface area contributed by atoms with Gasteiger partial charge in [0.1, 0.15) is 11.9 Å². The molecule has 5 nitrogen and oxygen atoms in total. The van der Waals surface area contributed by atoms with Gasteiger partial charge in [-0.25, -0.2) is 0 Å². The third-order valence-electron chi connectivity index (χ3n) is 5.48. The molecule has 0 radical (unpaired) electrons. The van der Waals surface area contributed by atoms with E-state index >= 15 is 0 Å². The fourth-order valence-electron chi connectivity index (χ4n) is 4.14. The average molecular weight is 380 g/mol. The minimum atomic E-state index is -0.435. The van der Waals surface area contributed by atoms with Crippen LogP contribution in [-0.2, 0) is 16.1 Å². The summed E-state index contributed by atoms with van der Waals surface area (Å²) in [5.41, 5.74) is 4.64. The Kier molecular flexibility index (Phi) is 5.64. The Morgan fingerprint density at radius 1 is 1.18 bits per heavy atom. The molecule has 28 heavy (non-hydrogen) atoms.